The zero-order valence-corrected chi connectivity index (χ0v) is 29.5. The maximum atomic E-state index is 13.7. The lowest BCUT2D eigenvalue weighted by atomic mass is 9.88. The fourth-order valence-corrected chi connectivity index (χ4v) is 10.0. The monoisotopic (exact) mass is 713 g/mol. The zero-order valence-electron chi connectivity index (χ0n) is 27.9. The molecule has 1 saturated carbocycles. The Morgan fingerprint density at radius 3 is 2.35 bits per heavy atom. The number of benzene rings is 3. The number of hydrogen-bond acceptors (Lipinski definition) is 10. The fraction of sp³-hybridized carbons (Fsp3) is 0.500. The molecule has 2 heterocycles. The van der Waals surface area contributed by atoms with Gasteiger partial charge in [-0.15, -0.1) is 0 Å². The Morgan fingerprint density at radius 1 is 0.939 bits per heavy atom. The van der Waals surface area contributed by atoms with Crippen molar-refractivity contribution in [2.24, 2.45) is 0 Å². The lowest BCUT2D eigenvalue weighted by molar-refractivity contribution is -0.0312. The van der Waals surface area contributed by atoms with Gasteiger partial charge in [0.2, 0.25) is 10.0 Å². The normalized spacial score (nSPS) is 21.1. The number of aliphatic hydroxyl groups excluding tert-OH is 2. The highest BCUT2D eigenvalue weighted by Crippen LogP contribution is 2.46. The van der Waals surface area contributed by atoms with Crippen LogP contribution in [0.2, 0.25) is 0 Å². The van der Waals surface area contributed by atoms with Crippen LogP contribution in [0.15, 0.2) is 82.6 Å². The molecule has 13 heteroatoms. The molecule has 3 aromatic rings. The van der Waals surface area contributed by atoms with Gasteiger partial charge in [0.25, 0.3) is 0 Å². The number of aliphatic hydroxyl groups is 2. The van der Waals surface area contributed by atoms with Crippen molar-refractivity contribution in [1.82, 2.24) is 14.9 Å². The Labute approximate surface area is 289 Å². The SMILES string of the molecule is CCNCc1ccc(-c2cccc(S(=O)(=O)N3CCC4(CC3)C[C@@H](NC[C@H](O)COc3cccc(S(=O)(=O)C5(CO)CC5)c3)CO4)c2)cc1. The van der Waals surface area contributed by atoms with Gasteiger partial charge in [-0.1, -0.05) is 49.4 Å². The molecule has 11 nitrogen and oxygen atoms in total. The van der Waals surface area contributed by atoms with E-state index in [1.807, 2.05) is 18.2 Å². The molecule has 3 fully saturated rings. The Bertz CT molecular complexity index is 1810. The number of nitrogens with zero attached hydrogens (tertiary/aromatic N) is 1. The summed E-state index contributed by atoms with van der Waals surface area (Å²) in [5.74, 6) is 0.333. The van der Waals surface area contributed by atoms with Crippen molar-refractivity contribution in [3.63, 3.8) is 0 Å². The van der Waals surface area contributed by atoms with Crippen LogP contribution in [-0.2, 0) is 31.1 Å². The van der Waals surface area contributed by atoms with Gasteiger partial charge in [-0.05, 0) is 85.7 Å². The molecule has 6 rings (SSSR count). The van der Waals surface area contributed by atoms with E-state index in [2.05, 4.69) is 29.7 Å². The third kappa shape index (κ3) is 7.89. The topological polar surface area (TPSA) is 154 Å². The first-order valence-corrected chi connectivity index (χ1v) is 20.0. The summed E-state index contributed by atoms with van der Waals surface area (Å²) in [4.78, 5) is 0.387. The molecule has 4 N–H and O–H groups in total. The maximum Gasteiger partial charge on any atom is 0.243 e. The van der Waals surface area contributed by atoms with E-state index in [1.165, 1.54) is 17.7 Å². The molecule has 0 aromatic heterocycles. The molecule has 3 aliphatic rings. The lowest BCUT2D eigenvalue weighted by Gasteiger charge is -2.38. The molecule has 49 heavy (non-hydrogen) atoms. The minimum atomic E-state index is -3.68. The van der Waals surface area contributed by atoms with E-state index in [0.717, 1.165) is 24.2 Å². The molecule has 1 spiro atoms. The molecule has 0 radical (unpaired) electrons. The predicted molar refractivity (Wildman–Crippen MR) is 187 cm³/mol. The molecule has 0 unspecified atom stereocenters. The Balaban J connectivity index is 0.970. The molecular formula is C36H47N3O8S2. The van der Waals surface area contributed by atoms with E-state index in [-0.39, 0.29) is 29.0 Å². The average Bonchev–Trinajstić information content (AvgIpc) is 3.85. The second-order valence-corrected chi connectivity index (χ2v) is 17.8. The maximum absolute atomic E-state index is 13.7. The van der Waals surface area contributed by atoms with Crippen molar-refractivity contribution in [3.05, 3.63) is 78.4 Å². The summed E-state index contributed by atoms with van der Waals surface area (Å²) >= 11 is 0. The highest BCUT2D eigenvalue weighted by molar-refractivity contribution is 7.93. The van der Waals surface area contributed by atoms with Crippen LogP contribution in [0.25, 0.3) is 11.1 Å². The Morgan fingerprint density at radius 2 is 1.65 bits per heavy atom. The smallest absolute Gasteiger partial charge is 0.243 e. The van der Waals surface area contributed by atoms with Crippen molar-refractivity contribution in [2.45, 2.75) is 77.9 Å². The highest BCUT2D eigenvalue weighted by atomic mass is 32.2. The highest BCUT2D eigenvalue weighted by Gasteiger charge is 2.54. The van der Waals surface area contributed by atoms with Gasteiger partial charge in [0, 0.05) is 32.2 Å². The van der Waals surface area contributed by atoms with Crippen LogP contribution in [0, 0.1) is 0 Å². The Kier molecular flexibility index (Phi) is 10.8. The van der Waals surface area contributed by atoms with Crippen LogP contribution in [-0.4, -0.2) is 99.8 Å². The first-order chi connectivity index (χ1) is 23.5. The molecule has 1 aliphatic carbocycles. The Hall–Kier alpha value is -2.88. The van der Waals surface area contributed by atoms with Gasteiger partial charge in [-0.2, -0.15) is 4.31 Å². The summed E-state index contributed by atoms with van der Waals surface area (Å²) in [6.45, 7) is 4.76. The van der Waals surface area contributed by atoms with E-state index in [0.29, 0.717) is 57.6 Å². The third-order valence-electron chi connectivity index (χ3n) is 10.0. The molecule has 0 bridgehead atoms. The van der Waals surface area contributed by atoms with Gasteiger partial charge in [-0.3, -0.25) is 0 Å². The summed E-state index contributed by atoms with van der Waals surface area (Å²) in [7, 11) is -7.35. The number of hydrogen-bond donors (Lipinski definition) is 4. The van der Waals surface area contributed by atoms with Crippen molar-refractivity contribution in [2.75, 3.05) is 46.0 Å². The molecule has 2 saturated heterocycles. The van der Waals surface area contributed by atoms with Gasteiger partial charge in [-0.25, -0.2) is 16.8 Å². The van der Waals surface area contributed by atoms with Crippen molar-refractivity contribution >= 4 is 19.9 Å². The summed E-state index contributed by atoms with van der Waals surface area (Å²) in [5.41, 5.74) is 2.58. The minimum Gasteiger partial charge on any atom is -0.491 e. The van der Waals surface area contributed by atoms with E-state index in [9.17, 15) is 27.0 Å². The molecule has 266 valence electrons. The van der Waals surface area contributed by atoms with Crippen LogP contribution in [0.5, 0.6) is 5.75 Å². The molecule has 2 atom stereocenters. The van der Waals surface area contributed by atoms with Crippen LogP contribution in [0.4, 0.5) is 0 Å². The van der Waals surface area contributed by atoms with E-state index < -0.39 is 42.9 Å². The number of nitrogens with one attached hydrogen (secondary N) is 2. The summed E-state index contributed by atoms with van der Waals surface area (Å²) < 4.78 is 65.6. The summed E-state index contributed by atoms with van der Waals surface area (Å²) in [6, 6.07) is 21.5. The van der Waals surface area contributed by atoms with Crippen LogP contribution in [0.3, 0.4) is 0 Å². The quantitative estimate of drug-likeness (QED) is 0.185. The minimum absolute atomic E-state index is 0.000292. The average molecular weight is 714 g/mol. The van der Waals surface area contributed by atoms with Crippen LogP contribution < -0.4 is 15.4 Å². The second-order valence-electron chi connectivity index (χ2n) is 13.5. The van der Waals surface area contributed by atoms with Crippen molar-refractivity contribution in [1.29, 1.82) is 0 Å². The first kappa shape index (κ1) is 35.9. The van der Waals surface area contributed by atoms with Crippen LogP contribution >= 0.6 is 0 Å². The van der Waals surface area contributed by atoms with Crippen molar-refractivity contribution < 1.29 is 36.5 Å². The van der Waals surface area contributed by atoms with Crippen LogP contribution in [0.1, 0.15) is 44.6 Å². The molecular weight excluding hydrogens is 667 g/mol. The summed E-state index contributed by atoms with van der Waals surface area (Å²) in [5, 5.41) is 26.8. The fourth-order valence-electron chi connectivity index (χ4n) is 6.71. The number of sulfonamides is 1. The van der Waals surface area contributed by atoms with Gasteiger partial charge in [0.1, 0.15) is 18.5 Å². The number of piperidine rings is 1. The largest absolute Gasteiger partial charge is 0.491 e. The van der Waals surface area contributed by atoms with Gasteiger partial charge < -0.3 is 30.3 Å². The first-order valence-electron chi connectivity index (χ1n) is 17.0. The third-order valence-corrected chi connectivity index (χ3v) is 14.5. The number of sulfone groups is 1. The molecule has 0 amide bonds. The van der Waals surface area contributed by atoms with E-state index in [1.54, 1.807) is 34.6 Å². The molecule has 2 aliphatic heterocycles. The van der Waals surface area contributed by atoms with Gasteiger partial charge >= 0.3 is 0 Å². The lowest BCUT2D eigenvalue weighted by Crippen LogP contribution is -2.47. The number of rotatable bonds is 15. The second kappa shape index (κ2) is 14.8. The van der Waals surface area contributed by atoms with Crippen molar-refractivity contribution in [3.8, 4) is 16.9 Å². The number of ether oxygens (including phenoxy) is 2. The van der Waals surface area contributed by atoms with Gasteiger partial charge in [0.05, 0.1) is 33.4 Å². The van der Waals surface area contributed by atoms with E-state index >= 15 is 0 Å². The zero-order chi connectivity index (χ0) is 34.7. The van der Waals surface area contributed by atoms with Gasteiger partial charge in [0.15, 0.2) is 9.84 Å². The summed E-state index contributed by atoms with van der Waals surface area (Å²) in [6.07, 6.45) is 1.91. The standard InChI is InChI=1S/C36H47N3O8S2/c1-2-37-22-27-9-11-28(12-10-27)29-5-3-8-34(19-29)49(44,45)39-17-15-35(16-18-39)21-30(24-47-35)38-23-31(41)25-46-32-6-4-7-33(20-32)48(42,43)36(26-40)13-14-36/h3-12,19-20,30-31,37-38,40-41H,2,13-18,21-26H2,1H3/t30-,31+/m1/s1. The molecule has 3 aromatic carbocycles. The predicted octanol–water partition coefficient (Wildman–Crippen LogP) is 3.10. The van der Waals surface area contributed by atoms with E-state index in [4.69, 9.17) is 9.47 Å².